The van der Waals surface area contributed by atoms with Crippen LogP contribution >= 0.6 is 0 Å². The highest BCUT2D eigenvalue weighted by molar-refractivity contribution is 5.92. The van der Waals surface area contributed by atoms with Crippen LogP contribution in [0.25, 0.3) is 0 Å². The zero-order valence-electron chi connectivity index (χ0n) is 9.44. The number of carbonyl (C=O) groups excluding carboxylic acids is 1. The second-order valence-corrected chi connectivity index (χ2v) is 3.86. The maximum Gasteiger partial charge on any atom is 0.248 e. The van der Waals surface area contributed by atoms with E-state index in [-0.39, 0.29) is 12.6 Å². The Morgan fingerprint density at radius 3 is 2.94 bits per heavy atom. The molecule has 0 heterocycles. The highest BCUT2D eigenvalue weighted by Crippen LogP contribution is 2.05. The fraction of sp³-hybridized carbons (Fsp3) is 0.417. The molecule has 1 rings (SSSR count). The highest BCUT2D eigenvalue weighted by Gasteiger charge is 2.03. The summed E-state index contributed by atoms with van der Waals surface area (Å²) in [5.41, 5.74) is 6.73. The molecular weight excluding hydrogens is 204 g/mol. The predicted octanol–water partition coefficient (Wildman–Crippen LogP) is 0.646. The van der Waals surface area contributed by atoms with Gasteiger partial charge in [-0.1, -0.05) is 12.1 Å². The topological polar surface area (TPSA) is 75.3 Å². The van der Waals surface area contributed by atoms with Gasteiger partial charge in [0.05, 0.1) is 0 Å². The van der Waals surface area contributed by atoms with E-state index in [2.05, 4.69) is 5.32 Å². The minimum absolute atomic E-state index is 0.176. The molecule has 0 bridgehead atoms. The van der Waals surface area contributed by atoms with Gasteiger partial charge in [-0.05, 0) is 31.0 Å². The van der Waals surface area contributed by atoms with Crippen molar-refractivity contribution in [3.05, 3.63) is 35.4 Å². The van der Waals surface area contributed by atoms with E-state index in [1.807, 2.05) is 19.1 Å². The van der Waals surface area contributed by atoms with E-state index in [0.29, 0.717) is 12.1 Å². The Morgan fingerprint density at radius 2 is 2.31 bits per heavy atom. The SMILES string of the molecule is CC(CCO)NCc1cccc(C(N)=O)c1. The van der Waals surface area contributed by atoms with Crippen molar-refractivity contribution in [1.29, 1.82) is 0 Å². The van der Waals surface area contributed by atoms with Gasteiger partial charge in [0.2, 0.25) is 5.91 Å². The quantitative estimate of drug-likeness (QED) is 0.661. The molecule has 4 N–H and O–H groups in total. The van der Waals surface area contributed by atoms with Crippen LogP contribution in [0.3, 0.4) is 0 Å². The molecule has 88 valence electrons. The molecule has 16 heavy (non-hydrogen) atoms. The largest absolute Gasteiger partial charge is 0.396 e. The van der Waals surface area contributed by atoms with E-state index in [4.69, 9.17) is 10.8 Å². The summed E-state index contributed by atoms with van der Waals surface area (Å²) in [6, 6.07) is 7.48. The van der Waals surface area contributed by atoms with Crippen LogP contribution in [0.15, 0.2) is 24.3 Å². The molecule has 0 spiro atoms. The molecule has 0 aliphatic heterocycles. The number of benzene rings is 1. The summed E-state index contributed by atoms with van der Waals surface area (Å²) in [6.45, 7) is 2.85. The Morgan fingerprint density at radius 1 is 1.56 bits per heavy atom. The maximum absolute atomic E-state index is 11.0. The van der Waals surface area contributed by atoms with Crippen molar-refractivity contribution in [2.24, 2.45) is 5.73 Å². The predicted molar refractivity (Wildman–Crippen MR) is 63.0 cm³/mol. The number of aliphatic hydroxyl groups is 1. The number of nitrogens with one attached hydrogen (secondary N) is 1. The van der Waals surface area contributed by atoms with Gasteiger partial charge in [0.25, 0.3) is 0 Å². The zero-order valence-corrected chi connectivity index (χ0v) is 9.44. The van der Waals surface area contributed by atoms with Crippen LogP contribution in [0.4, 0.5) is 0 Å². The second kappa shape index (κ2) is 6.25. The van der Waals surface area contributed by atoms with Gasteiger partial charge in [-0.3, -0.25) is 4.79 Å². The molecule has 1 aromatic rings. The van der Waals surface area contributed by atoms with Crippen LogP contribution < -0.4 is 11.1 Å². The first kappa shape index (κ1) is 12.7. The monoisotopic (exact) mass is 222 g/mol. The van der Waals surface area contributed by atoms with E-state index in [9.17, 15) is 4.79 Å². The van der Waals surface area contributed by atoms with Crippen LogP contribution in [-0.2, 0) is 6.54 Å². The summed E-state index contributed by atoms with van der Waals surface area (Å²) in [6.07, 6.45) is 0.718. The number of nitrogens with two attached hydrogens (primary N) is 1. The molecule has 0 saturated carbocycles. The Balaban J connectivity index is 2.54. The van der Waals surface area contributed by atoms with Crippen molar-refractivity contribution in [2.75, 3.05) is 6.61 Å². The average Bonchev–Trinajstić information content (AvgIpc) is 2.27. The van der Waals surface area contributed by atoms with Gasteiger partial charge in [0, 0.05) is 24.8 Å². The summed E-state index contributed by atoms with van der Waals surface area (Å²) in [5, 5.41) is 12.0. The minimum atomic E-state index is -0.412. The van der Waals surface area contributed by atoms with Crippen molar-refractivity contribution < 1.29 is 9.90 Å². The third kappa shape index (κ3) is 4.00. The zero-order chi connectivity index (χ0) is 12.0. The molecular formula is C12H18N2O2. The number of carbonyl (C=O) groups is 1. The van der Waals surface area contributed by atoms with Gasteiger partial charge in [-0.2, -0.15) is 0 Å². The molecule has 1 atom stereocenters. The Labute approximate surface area is 95.5 Å². The number of hydrogen-bond acceptors (Lipinski definition) is 3. The lowest BCUT2D eigenvalue weighted by Gasteiger charge is -2.12. The van der Waals surface area contributed by atoms with Crippen molar-refractivity contribution in [3.63, 3.8) is 0 Å². The Hall–Kier alpha value is -1.39. The number of amides is 1. The lowest BCUT2D eigenvalue weighted by molar-refractivity contribution is 0.1000. The number of hydrogen-bond donors (Lipinski definition) is 3. The van der Waals surface area contributed by atoms with Crippen molar-refractivity contribution in [1.82, 2.24) is 5.32 Å². The third-order valence-electron chi connectivity index (χ3n) is 2.43. The molecule has 0 aliphatic rings. The van der Waals surface area contributed by atoms with Gasteiger partial charge >= 0.3 is 0 Å². The summed E-state index contributed by atoms with van der Waals surface area (Å²) in [7, 11) is 0. The Kier molecular flexibility index (Phi) is 4.95. The normalized spacial score (nSPS) is 12.4. The molecule has 1 aromatic carbocycles. The van der Waals surface area contributed by atoms with Gasteiger partial charge in [0.1, 0.15) is 0 Å². The molecule has 1 unspecified atom stereocenters. The average molecular weight is 222 g/mol. The van der Waals surface area contributed by atoms with Gasteiger partial charge in [-0.25, -0.2) is 0 Å². The van der Waals surface area contributed by atoms with Crippen molar-refractivity contribution in [2.45, 2.75) is 25.9 Å². The summed E-state index contributed by atoms with van der Waals surface area (Å²) < 4.78 is 0. The van der Waals surface area contributed by atoms with E-state index >= 15 is 0 Å². The van der Waals surface area contributed by atoms with Gasteiger partial charge < -0.3 is 16.2 Å². The standard InChI is InChI=1S/C12H18N2O2/c1-9(5-6-15)14-8-10-3-2-4-11(7-10)12(13)16/h2-4,7,9,14-15H,5-6,8H2,1H3,(H2,13,16). The molecule has 4 heteroatoms. The summed E-state index contributed by atoms with van der Waals surface area (Å²) in [5.74, 6) is -0.412. The van der Waals surface area contributed by atoms with Crippen LogP contribution in [0, 0.1) is 0 Å². The van der Waals surface area contributed by atoms with Crippen molar-refractivity contribution in [3.8, 4) is 0 Å². The highest BCUT2D eigenvalue weighted by atomic mass is 16.3. The molecule has 1 amide bonds. The molecule has 0 radical (unpaired) electrons. The van der Waals surface area contributed by atoms with E-state index in [1.165, 1.54) is 0 Å². The smallest absolute Gasteiger partial charge is 0.248 e. The maximum atomic E-state index is 11.0. The lowest BCUT2D eigenvalue weighted by Crippen LogP contribution is -2.26. The fourth-order valence-corrected chi connectivity index (χ4v) is 1.42. The van der Waals surface area contributed by atoms with E-state index < -0.39 is 5.91 Å². The third-order valence-corrected chi connectivity index (χ3v) is 2.43. The summed E-state index contributed by atoms with van der Waals surface area (Å²) >= 11 is 0. The first-order valence-corrected chi connectivity index (χ1v) is 5.36. The Bertz CT molecular complexity index is 353. The van der Waals surface area contributed by atoms with E-state index in [0.717, 1.165) is 12.0 Å². The second-order valence-electron chi connectivity index (χ2n) is 3.86. The number of rotatable bonds is 6. The van der Waals surface area contributed by atoms with Crippen LogP contribution in [-0.4, -0.2) is 23.7 Å². The first-order chi connectivity index (χ1) is 7.63. The molecule has 0 aromatic heterocycles. The van der Waals surface area contributed by atoms with Crippen LogP contribution in [0.1, 0.15) is 29.3 Å². The minimum Gasteiger partial charge on any atom is -0.396 e. The molecule has 4 nitrogen and oxygen atoms in total. The fourth-order valence-electron chi connectivity index (χ4n) is 1.42. The van der Waals surface area contributed by atoms with Crippen molar-refractivity contribution >= 4 is 5.91 Å². The van der Waals surface area contributed by atoms with E-state index in [1.54, 1.807) is 12.1 Å². The van der Waals surface area contributed by atoms with Gasteiger partial charge in [0.15, 0.2) is 0 Å². The van der Waals surface area contributed by atoms with Crippen LogP contribution in [0.5, 0.6) is 0 Å². The molecule has 0 fully saturated rings. The lowest BCUT2D eigenvalue weighted by atomic mass is 10.1. The number of primary amides is 1. The number of aliphatic hydroxyl groups excluding tert-OH is 1. The molecule has 0 saturated heterocycles. The summed E-state index contributed by atoms with van der Waals surface area (Å²) in [4.78, 5) is 11.0. The molecule has 0 aliphatic carbocycles. The van der Waals surface area contributed by atoms with Crippen LogP contribution in [0.2, 0.25) is 0 Å². The first-order valence-electron chi connectivity index (χ1n) is 5.36. The van der Waals surface area contributed by atoms with Gasteiger partial charge in [-0.15, -0.1) is 0 Å².